The van der Waals surface area contributed by atoms with E-state index in [0.717, 1.165) is 5.75 Å². The zero-order chi connectivity index (χ0) is 21.4. The summed E-state index contributed by atoms with van der Waals surface area (Å²) in [5.41, 5.74) is 0.137. The van der Waals surface area contributed by atoms with E-state index in [9.17, 15) is 10.1 Å². The second kappa shape index (κ2) is 15.5. The molecule has 29 heavy (non-hydrogen) atoms. The van der Waals surface area contributed by atoms with Crippen molar-refractivity contribution in [2.75, 3.05) is 0 Å². The molecule has 1 aromatic carbocycles. The summed E-state index contributed by atoms with van der Waals surface area (Å²) in [7, 11) is -1.90. The molecule has 0 atom stereocenters. The summed E-state index contributed by atoms with van der Waals surface area (Å²) in [6.07, 6.45) is 15.3. The average molecular weight is 422 g/mol. The fourth-order valence-electron chi connectivity index (χ4n) is 4.04. The van der Waals surface area contributed by atoms with Gasteiger partial charge in [0.25, 0.3) is 14.0 Å². The van der Waals surface area contributed by atoms with E-state index in [1.165, 1.54) is 95.2 Å². The van der Waals surface area contributed by atoms with Crippen molar-refractivity contribution in [1.29, 1.82) is 0 Å². The monoisotopic (exact) mass is 421 g/mol. The number of hydrogen-bond donors (Lipinski definition) is 0. The van der Waals surface area contributed by atoms with Crippen LogP contribution in [0.15, 0.2) is 24.3 Å². The predicted molar refractivity (Wildman–Crippen MR) is 126 cm³/mol. The Morgan fingerprint density at radius 1 is 0.724 bits per heavy atom. The molecular weight excluding hydrogens is 378 g/mol. The molecule has 5 heteroatoms. The van der Waals surface area contributed by atoms with Crippen LogP contribution in [0.3, 0.4) is 0 Å². The molecule has 0 amide bonds. The molecular formula is C24H43NO3Si. The quantitative estimate of drug-likeness (QED) is 0.103. The van der Waals surface area contributed by atoms with Gasteiger partial charge in [-0.2, -0.15) is 0 Å². The van der Waals surface area contributed by atoms with Crippen molar-refractivity contribution in [2.24, 2.45) is 0 Å². The molecule has 166 valence electrons. The fraction of sp³-hybridized carbons (Fsp3) is 0.750. The van der Waals surface area contributed by atoms with E-state index >= 15 is 0 Å². The van der Waals surface area contributed by atoms with Crippen LogP contribution in [0.2, 0.25) is 18.1 Å². The minimum Gasteiger partial charge on any atom is -0.543 e. The van der Waals surface area contributed by atoms with Crippen molar-refractivity contribution in [1.82, 2.24) is 0 Å². The molecule has 0 fully saturated rings. The predicted octanol–water partition coefficient (Wildman–Crippen LogP) is 8.66. The van der Waals surface area contributed by atoms with Crippen LogP contribution in [0, 0.1) is 10.1 Å². The Labute approximate surface area is 179 Å². The summed E-state index contributed by atoms with van der Waals surface area (Å²) in [6, 6.07) is 10.5. The highest BCUT2D eigenvalue weighted by molar-refractivity contribution is 6.74. The Kier molecular flexibility index (Phi) is 13.7. The summed E-state index contributed by atoms with van der Waals surface area (Å²) >= 11 is 0. The lowest BCUT2D eigenvalue weighted by atomic mass is 10.2. The van der Waals surface area contributed by atoms with Crippen LogP contribution < -0.4 is 4.43 Å². The topological polar surface area (TPSA) is 52.4 Å². The maximum absolute atomic E-state index is 11.0. The Balaban J connectivity index is 2.91. The molecule has 0 unspecified atom stereocenters. The third-order valence-electron chi connectivity index (χ3n) is 5.84. The Morgan fingerprint density at radius 2 is 1.14 bits per heavy atom. The van der Waals surface area contributed by atoms with Crippen molar-refractivity contribution in [3.8, 4) is 5.75 Å². The van der Waals surface area contributed by atoms with E-state index in [-0.39, 0.29) is 10.6 Å². The highest BCUT2D eigenvalue weighted by Crippen LogP contribution is 2.33. The largest absolute Gasteiger partial charge is 0.543 e. The second-order valence-corrected chi connectivity index (χ2v) is 12.5. The van der Waals surface area contributed by atoms with Gasteiger partial charge in [0, 0.05) is 12.1 Å². The van der Waals surface area contributed by atoms with Gasteiger partial charge in [0.2, 0.25) is 0 Å². The molecule has 0 spiro atoms. The molecule has 4 nitrogen and oxygen atoms in total. The molecule has 1 aromatic rings. The maximum Gasteiger partial charge on any atom is 0.269 e. The molecule has 0 saturated carbocycles. The maximum atomic E-state index is 11.0. The van der Waals surface area contributed by atoms with Crippen LogP contribution in [-0.2, 0) is 0 Å². The van der Waals surface area contributed by atoms with Gasteiger partial charge in [-0.1, -0.05) is 97.8 Å². The van der Waals surface area contributed by atoms with Gasteiger partial charge < -0.3 is 4.43 Å². The highest BCUT2D eigenvalue weighted by atomic mass is 28.4. The van der Waals surface area contributed by atoms with Crippen molar-refractivity contribution >= 4 is 14.0 Å². The second-order valence-electron chi connectivity index (χ2n) is 8.47. The van der Waals surface area contributed by atoms with Gasteiger partial charge in [-0.25, -0.2) is 0 Å². The number of nitro benzene ring substituents is 1. The molecule has 0 aliphatic heterocycles. The SMILES string of the molecule is CCCCCC[Si](CCCCCC)(CCCCCC)Oc1ccc([N+](=O)[O-])cc1. The Morgan fingerprint density at radius 3 is 1.48 bits per heavy atom. The lowest BCUT2D eigenvalue weighted by Crippen LogP contribution is -2.41. The molecule has 0 aliphatic rings. The number of nitrogens with zero attached hydrogens (tertiary/aromatic N) is 1. The van der Waals surface area contributed by atoms with Gasteiger partial charge in [-0.3, -0.25) is 10.1 Å². The minimum absolute atomic E-state index is 0.137. The first kappa shape index (κ1) is 25.7. The first-order valence-electron chi connectivity index (χ1n) is 12.0. The summed E-state index contributed by atoms with van der Waals surface area (Å²) in [5, 5.41) is 11.0. The summed E-state index contributed by atoms with van der Waals surface area (Å²) in [6.45, 7) is 6.77. The van der Waals surface area contributed by atoms with Gasteiger partial charge >= 0.3 is 0 Å². The van der Waals surface area contributed by atoms with Crippen molar-refractivity contribution < 1.29 is 9.35 Å². The van der Waals surface area contributed by atoms with Gasteiger partial charge in [0.05, 0.1) is 4.92 Å². The number of hydrogen-bond acceptors (Lipinski definition) is 3. The molecule has 0 aromatic heterocycles. The lowest BCUT2D eigenvalue weighted by Gasteiger charge is -2.33. The summed E-state index contributed by atoms with van der Waals surface area (Å²) in [4.78, 5) is 10.6. The van der Waals surface area contributed by atoms with E-state index in [1.807, 2.05) is 12.1 Å². The highest BCUT2D eigenvalue weighted by Gasteiger charge is 2.35. The molecule has 1 rings (SSSR count). The van der Waals surface area contributed by atoms with Gasteiger partial charge in [0.15, 0.2) is 0 Å². The first-order chi connectivity index (χ1) is 14.1. The third kappa shape index (κ3) is 10.8. The van der Waals surface area contributed by atoms with Gasteiger partial charge in [-0.05, 0) is 30.3 Å². The van der Waals surface area contributed by atoms with Crippen LogP contribution >= 0.6 is 0 Å². The zero-order valence-corrected chi connectivity index (χ0v) is 20.1. The fourth-order valence-corrected chi connectivity index (χ4v) is 8.41. The van der Waals surface area contributed by atoms with Crippen molar-refractivity contribution in [3.63, 3.8) is 0 Å². The van der Waals surface area contributed by atoms with Crippen molar-refractivity contribution in [2.45, 2.75) is 116 Å². The van der Waals surface area contributed by atoms with Crippen LogP contribution in [0.5, 0.6) is 5.75 Å². The van der Waals surface area contributed by atoms with E-state index in [4.69, 9.17) is 4.43 Å². The van der Waals surface area contributed by atoms with Crippen LogP contribution in [-0.4, -0.2) is 13.2 Å². The van der Waals surface area contributed by atoms with E-state index in [0.29, 0.717) is 0 Å². The molecule has 0 N–H and O–H groups in total. The average Bonchev–Trinajstić information content (AvgIpc) is 2.72. The van der Waals surface area contributed by atoms with E-state index in [1.54, 1.807) is 12.1 Å². The Hall–Kier alpha value is -1.36. The number of non-ortho nitro benzene ring substituents is 1. The molecule has 0 radical (unpaired) electrons. The van der Waals surface area contributed by atoms with Crippen LogP contribution in [0.1, 0.15) is 97.8 Å². The number of benzene rings is 1. The van der Waals surface area contributed by atoms with Crippen LogP contribution in [0.4, 0.5) is 5.69 Å². The third-order valence-corrected chi connectivity index (χ3v) is 10.3. The lowest BCUT2D eigenvalue weighted by molar-refractivity contribution is -0.384. The zero-order valence-electron chi connectivity index (χ0n) is 19.1. The van der Waals surface area contributed by atoms with Crippen molar-refractivity contribution in [3.05, 3.63) is 34.4 Å². The van der Waals surface area contributed by atoms with E-state index < -0.39 is 8.32 Å². The van der Waals surface area contributed by atoms with Gasteiger partial charge in [0.1, 0.15) is 5.75 Å². The standard InChI is InChI=1S/C24H43NO3Si/c1-4-7-10-13-20-29(21-14-11-8-5-2,22-15-12-9-6-3)28-24-18-16-23(17-19-24)25(26)27/h16-19H,4-15,20-22H2,1-3H3. The molecule has 0 bridgehead atoms. The first-order valence-corrected chi connectivity index (χ1v) is 14.5. The molecule has 0 saturated heterocycles. The number of rotatable bonds is 18. The molecule has 0 heterocycles. The summed E-state index contributed by atoms with van der Waals surface area (Å²) < 4.78 is 6.79. The Bertz CT molecular complexity index is 516. The smallest absolute Gasteiger partial charge is 0.269 e. The number of unbranched alkanes of at least 4 members (excludes halogenated alkanes) is 9. The molecule has 0 aliphatic carbocycles. The minimum atomic E-state index is -1.90. The summed E-state index contributed by atoms with van der Waals surface area (Å²) in [5.74, 6) is 0.837. The number of nitro groups is 1. The van der Waals surface area contributed by atoms with E-state index in [2.05, 4.69) is 20.8 Å². The van der Waals surface area contributed by atoms with Crippen LogP contribution in [0.25, 0.3) is 0 Å². The normalized spacial score (nSPS) is 11.6. The van der Waals surface area contributed by atoms with Gasteiger partial charge in [-0.15, -0.1) is 0 Å².